The highest BCUT2D eigenvalue weighted by Crippen LogP contribution is 2.39. The van der Waals surface area contributed by atoms with Crippen LogP contribution in [0.25, 0.3) is 0 Å². The quantitative estimate of drug-likeness (QED) is 0.741. The van der Waals surface area contributed by atoms with E-state index >= 15 is 0 Å². The minimum atomic E-state index is 0.0558. The van der Waals surface area contributed by atoms with Crippen LogP contribution >= 0.6 is 11.6 Å². The van der Waals surface area contributed by atoms with Gasteiger partial charge in [0, 0.05) is 5.02 Å². The number of aromatic nitrogens is 3. The zero-order chi connectivity index (χ0) is 16.7. The predicted molar refractivity (Wildman–Crippen MR) is 96.2 cm³/mol. The Bertz CT molecular complexity index is 889. The molecule has 0 saturated heterocycles. The molecular formula is C18H18ClN5. The molecule has 0 radical (unpaired) electrons. The Labute approximate surface area is 145 Å². The maximum absolute atomic E-state index is 6.40. The minimum absolute atomic E-state index is 0.0558. The lowest BCUT2D eigenvalue weighted by Gasteiger charge is -2.32. The normalized spacial score (nSPS) is 19.6. The van der Waals surface area contributed by atoms with Gasteiger partial charge in [-0.15, -0.1) is 5.10 Å². The average molecular weight is 340 g/mol. The second-order valence-electron chi connectivity index (χ2n) is 6.12. The standard InChI is InChI=1S/C18H18ClN5/c1-11-5-4-6-12(9-11)16-10-15(13-7-2-3-8-14(13)19)21-18-22-17(20)23-24(16)18/h2-9,15-16H,10H2,1H3,(H3,20,21,22,23)/t15-,16+/m0/s1. The van der Waals surface area contributed by atoms with Crippen LogP contribution in [0.4, 0.5) is 11.9 Å². The molecule has 3 N–H and O–H groups in total. The zero-order valence-corrected chi connectivity index (χ0v) is 14.0. The third-order valence-electron chi connectivity index (χ3n) is 4.41. The fourth-order valence-corrected chi connectivity index (χ4v) is 3.58. The summed E-state index contributed by atoms with van der Waals surface area (Å²) in [7, 11) is 0. The lowest BCUT2D eigenvalue weighted by molar-refractivity contribution is 0.431. The number of benzene rings is 2. The molecule has 6 heteroatoms. The number of hydrogen-bond acceptors (Lipinski definition) is 4. The molecule has 0 bridgehead atoms. The van der Waals surface area contributed by atoms with Crippen molar-refractivity contribution in [3.05, 3.63) is 70.2 Å². The summed E-state index contributed by atoms with van der Waals surface area (Å²) in [6, 6.07) is 16.5. The molecule has 1 aliphatic rings. The maximum atomic E-state index is 6.40. The molecule has 4 rings (SSSR count). The van der Waals surface area contributed by atoms with Crippen LogP contribution in [0.5, 0.6) is 0 Å². The van der Waals surface area contributed by atoms with Gasteiger partial charge in [0.2, 0.25) is 11.9 Å². The van der Waals surface area contributed by atoms with Gasteiger partial charge in [-0.25, -0.2) is 4.68 Å². The Morgan fingerprint density at radius 3 is 2.83 bits per heavy atom. The van der Waals surface area contributed by atoms with E-state index in [0.29, 0.717) is 5.95 Å². The summed E-state index contributed by atoms with van der Waals surface area (Å²) in [4.78, 5) is 4.33. The first-order valence-corrected chi connectivity index (χ1v) is 8.29. The Morgan fingerprint density at radius 2 is 2.04 bits per heavy atom. The number of nitrogens with one attached hydrogen (secondary N) is 1. The first-order valence-electron chi connectivity index (χ1n) is 7.91. The molecule has 2 heterocycles. The summed E-state index contributed by atoms with van der Waals surface area (Å²) in [6.45, 7) is 2.09. The van der Waals surface area contributed by atoms with Gasteiger partial charge in [-0.2, -0.15) is 4.98 Å². The topological polar surface area (TPSA) is 68.8 Å². The van der Waals surface area contributed by atoms with Gasteiger partial charge in [0.05, 0.1) is 12.1 Å². The molecule has 2 atom stereocenters. The average Bonchev–Trinajstić information content (AvgIpc) is 2.94. The number of nitrogen functional groups attached to an aromatic ring is 1. The van der Waals surface area contributed by atoms with Crippen molar-refractivity contribution in [1.29, 1.82) is 0 Å². The Morgan fingerprint density at radius 1 is 1.21 bits per heavy atom. The van der Waals surface area contributed by atoms with E-state index in [1.165, 1.54) is 11.1 Å². The van der Waals surface area contributed by atoms with E-state index in [1.807, 2.05) is 28.9 Å². The molecule has 0 amide bonds. The van der Waals surface area contributed by atoms with Crippen LogP contribution in [0.1, 0.15) is 35.2 Å². The first kappa shape index (κ1) is 15.0. The van der Waals surface area contributed by atoms with Gasteiger partial charge in [-0.3, -0.25) is 0 Å². The van der Waals surface area contributed by atoms with E-state index in [9.17, 15) is 0 Å². The monoisotopic (exact) mass is 339 g/mol. The van der Waals surface area contributed by atoms with E-state index in [-0.39, 0.29) is 18.0 Å². The third-order valence-corrected chi connectivity index (χ3v) is 4.76. The Hall–Kier alpha value is -2.53. The lowest BCUT2D eigenvalue weighted by Crippen LogP contribution is -2.28. The molecule has 2 aromatic carbocycles. The number of rotatable bonds is 2. The van der Waals surface area contributed by atoms with Crippen LogP contribution in [-0.4, -0.2) is 14.8 Å². The van der Waals surface area contributed by atoms with Crippen LogP contribution in [0, 0.1) is 6.92 Å². The molecule has 24 heavy (non-hydrogen) atoms. The highest BCUT2D eigenvalue weighted by molar-refractivity contribution is 6.31. The largest absolute Gasteiger partial charge is 0.366 e. The van der Waals surface area contributed by atoms with Crippen LogP contribution in [-0.2, 0) is 0 Å². The fraction of sp³-hybridized carbons (Fsp3) is 0.222. The summed E-state index contributed by atoms with van der Waals surface area (Å²) in [6.07, 6.45) is 0.822. The van der Waals surface area contributed by atoms with Crippen LogP contribution in [0.2, 0.25) is 5.02 Å². The number of halogens is 1. The predicted octanol–water partition coefficient (Wildman–Crippen LogP) is 3.97. The molecule has 3 aromatic rings. The third kappa shape index (κ3) is 2.61. The molecule has 0 saturated carbocycles. The van der Waals surface area contributed by atoms with Crippen molar-refractivity contribution in [3.8, 4) is 0 Å². The molecule has 122 valence electrons. The summed E-state index contributed by atoms with van der Waals surface area (Å²) in [5, 5.41) is 8.54. The van der Waals surface area contributed by atoms with Crippen molar-refractivity contribution < 1.29 is 0 Å². The van der Waals surface area contributed by atoms with Crippen LogP contribution in [0.3, 0.4) is 0 Å². The molecular weight excluding hydrogens is 322 g/mol. The van der Waals surface area contributed by atoms with E-state index in [0.717, 1.165) is 17.0 Å². The van der Waals surface area contributed by atoms with Gasteiger partial charge in [-0.05, 0) is 30.5 Å². The Kier molecular flexibility index (Phi) is 3.65. The van der Waals surface area contributed by atoms with Crippen molar-refractivity contribution in [2.45, 2.75) is 25.4 Å². The number of hydrogen-bond donors (Lipinski definition) is 2. The summed E-state index contributed by atoms with van der Waals surface area (Å²) < 4.78 is 1.87. The Balaban J connectivity index is 1.79. The molecule has 1 aromatic heterocycles. The molecule has 0 spiro atoms. The molecule has 0 aliphatic carbocycles. The summed E-state index contributed by atoms with van der Waals surface area (Å²) in [5.41, 5.74) is 9.31. The summed E-state index contributed by atoms with van der Waals surface area (Å²) >= 11 is 6.40. The molecule has 0 fully saturated rings. The van der Waals surface area contributed by atoms with E-state index in [4.69, 9.17) is 17.3 Å². The number of aryl methyl sites for hydroxylation is 1. The fourth-order valence-electron chi connectivity index (χ4n) is 3.31. The number of nitrogens with zero attached hydrogens (tertiary/aromatic N) is 3. The van der Waals surface area contributed by atoms with Crippen LogP contribution in [0.15, 0.2) is 48.5 Å². The molecule has 0 unspecified atom stereocenters. The van der Waals surface area contributed by atoms with Gasteiger partial charge in [-0.1, -0.05) is 59.6 Å². The second-order valence-corrected chi connectivity index (χ2v) is 6.53. The highest BCUT2D eigenvalue weighted by Gasteiger charge is 2.31. The van der Waals surface area contributed by atoms with Gasteiger partial charge < -0.3 is 11.1 Å². The number of anilines is 2. The minimum Gasteiger partial charge on any atom is -0.366 e. The maximum Gasteiger partial charge on any atom is 0.241 e. The van der Waals surface area contributed by atoms with Crippen molar-refractivity contribution in [1.82, 2.24) is 14.8 Å². The zero-order valence-electron chi connectivity index (χ0n) is 13.3. The highest BCUT2D eigenvalue weighted by atomic mass is 35.5. The smallest absolute Gasteiger partial charge is 0.241 e. The van der Waals surface area contributed by atoms with Crippen molar-refractivity contribution >= 4 is 23.5 Å². The molecule has 1 aliphatic heterocycles. The van der Waals surface area contributed by atoms with E-state index < -0.39 is 0 Å². The van der Waals surface area contributed by atoms with Gasteiger partial charge in [0.1, 0.15) is 0 Å². The SMILES string of the molecule is Cc1cccc([C@H]2C[C@@H](c3ccccc3Cl)Nc3nc(N)nn32)c1. The second kappa shape index (κ2) is 5.83. The van der Waals surface area contributed by atoms with E-state index in [2.05, 4.69) is 46.6 Å². The van der Waals surface area contributed by atoms with E-state index in [1.54, 1.807) is 0 Å². The first-order chi connectivity index (χ1) is 11.6. The van der Waals surface area contributed by atoms with Crippen molar-refractivity contribution in [2.24, 2.45) is 0 Å². The summed E-state index contributed by atoms with van der Waals surface area (Å²) in [5.74, 6) is 0.949. The van der Waals surface area contributed by atoms with Gasteiger partial charge >= 0.3 is 0 Å². The number of nitrogens with two attached hydrogens (primary N) is 1. The van der Waals surface area contributed by atoms with Crippen LogP contribution < -0.4 is 11.1 Å². The van der Waals surface area contributed by atoms with Crippen molar-refractivity contribution in [2.75, 3.05) is 11.1 Å². The number of fused-ring (bicyclic) bond motifs is 1. The van der Waals surface area contributed by atoms with Gasteiger partial charge in [0.25, 0.3) is 0 Å². The van der Waals surface area contributed by atoms with Crippen molar-refractivity contribution in [3.63, 3.8) is 0 Å². The molecule has 5 nitrogen and oxygen atoms in total. The van der Waals surface area contributed by atoms with Gasteiger partial charge in [0.15, 0.2) is 0 Å². The lowest BCUT2D eigenvalue weighted by atomic mass is 9.92.